The molecule has 0 spiro atoms. The molecule has 6 nitrogen and oxygen atoms in total. The van der Waals surface area contributed by atoms with Crippen LogP contribution in [0.15, 0.2) is 54.9 Å². The average molecular weight is 397 g/mol. The highest BCUT2D eigenvalue weighted by atomic mass is 16.2. The van der Waals surface area contributed by atoms with Crippen molar-refractivity contribution in [3.8, 4) is 22.5 Å². The predicted octanol–water partition coefficient (Wildman–Crippen LogP) is 4.42. The molecule has 0 radical (unpaired) electrons. The number of para-hydroxylation sites is 1. The van der Waals surface area contributed by atoms with Crippen molar-refractivity contribution in [2.45, 2.75) is 25.8 Å². The Morgan fingerprint density at radius 2 is 1.83 bits per heavy atom. The molecule has 1 aromatic heterocycles. The van der Waals surface area contributed by atoms with Crippen LogP contribution in [0.1, 0.15) is 19.3 Å². The maximum Gasteiger partial charge on any atom is 0.225 e. The van der Waals surface area contributed by atoms with Gasteiger partial charge in [-0.05, 0) is 36.3 Å². The fourth-order valence-electron chi connectivity index (χ4n) is 4.27. The van der Waals surface area contributed by atoms with E-state index >= 15 is 0 Å². The van der Waals surface area contributed by atoms with Crippen LogP contribution >= 0.6 is 0 Å². The minimum Gasteiger partial charge on any atom is -0.342 e. The first-order valence-electron chi connectivity index (χ1n) is 10.5. The number of likely N-dealkylation sites (tertiary alicyclic amines) is 1. The zero-order valence-electron chi connectivity index (χ0n) is 16.7. The first-order chi connectivity index (χ1) is 14.7. The monoisotopic (exact) mass is 397 g/mol. The fourth-order valence-corrected chi connectivity index (χ4v) is 4.27. The molecule has 5 rings (SSSR count). The number of hydrogen-bond donors (Lipinski definition) is 0. The van der Waals surface area contributed by atoms with E-state index in [2.05, 4.69) is 19.6 Å². The number of hydrogen-bond acceptors (Lipinski definition) is 3. The number of nitrogens with zero attached hydrogens (tertiary/aromatic N) is 5. The van der Waals surface area contributed by atoms with Gasteiger partial charge in [0.25, 0.3) is 0 Å². The Hall–Kier alpha value is -3.46. The molecule has 1 aliphatic carbocycles. The van der Waals surface area contributed by atoms with Crippen molar-refractivity contribution in [1.82, 2.24) is 19.7 Å². The van der Waals surface area contributed by atoms with E-state index in [1.54, 1.807) is 6.33 Å². The smallest absolute Gasteiger partial charge is 0.225 e. The van der Waals surface area contributed by atoms with Crippen LogP contribution in [-0.4, -0.2) is 38.7 Å². The molecule has 2 fully saturated rings. The van der Waals surface area contributed by atoms with Crippen molar-refractivity contribution in [3.05, 3.63) is 66.3 Å². The van der Waals surface area contributed by atoms with Crippen molar-refractivity contribution in [2.24, 2.45) is 11.8 Å². The Morgan fingerprint density at radius 3 is 2.60 bits per heavy atom. The summed E-state index contributed by atoms with van der Waals surface area (Å²) in [5, 5.41) is 8.47. The summed E-state index contributed by atoms with van der Waals surface area (Å²) in [4.78, 5) is 18.0. The number of aromatic nitrogens is 3. The Bertz CT molecular complexity index is 1110. The standard InChI is InChI=1S/C24H23N5O/c1-25-22-5-3-2-4-21(22)18-6-8-19(9-7-18)23-27-26-16-29(23)15-17-12-13-28(14-17)24(30)20-10-11-20/h2-9,16-17,20H,10-15H2/t17-/m1/s1. The van der Waals surface area contributed by atoms with Gasteiger partial charge in [0.15, 0.2) is 11.5 Å². The molecule has 1 amide bonds. The molecule has 0 bridgehead atoms. The highest BCUT2D eigenvalue weighted by molar-refractivity contribution is 5.81. The molecule has 3 aromatic rings. The van der Waals surface area contributed by atoms with Gasteiger partial charge in [0.05, 0.1) is 6.57 Å². The third-order valence-corrected chi connectivity index (χ3v) is 6.07. The van der Waals surface area contributed by atoms with Gasteiger partial charge < -0.3 is 9.47 Å². The van der Waals surface area contributed by atoms with Gasteiger partial charge >= 0.3 is 0 Å². The number of benzene rings is 2. The zero-order valence-corrected chi connectivity index (χ0v) is 16.7. The topological polar surface area (TPSA) is 55.4 Å². The Labute approximate surface area is 176 Å². The van der Waals surface area contributed by atoms with Crippen molar-refractivity contribution in [3.63, 3.8) is 0 Å². The van der Waals surface area contributed by atoms with Crippen LogP contribution in [0.25, 0.3) is 27.4 Å². The van der Waals surface area contributed by atoms with Gasteiger partial charge in [0, 0.05) is 31.1 Å². The normalized spacial score (nSPS) is 18.4. The van der Waals surface area contributed by atoms with Crippen LogP contribution in [0.3, 0.4) is 0 Å². The second kappa shape index (κ2) is 7.75. The van der Waals surface area contributed by atoms with Crippen molar-refractivity contribution in [1.29, 1.82) is 0 Å². The first-order valence-corrected chi connectivity index (χ1v) is 10.5. The first kappa shape index (κ1) is 18.6. The van der Waals surface area contributed by atoms with Gasteiger partial charge in [-0.2, -0.15) is 0 Å². The van der Waals surface area contributed by atoms with E-state index in [0.29, 0.717) is 23.4 Å². The summed E-state index contributed by atoms with van der Waals surface area (Å²) in [7, 11) is 0. The highest BCUT2D eigenvalue weighted by Gasteiger charge is 2.36. The van der Waals surface area contributed by atoms with E-state index in [0.717, 1.165) is 61.4 Å². The molecule has 2 heterocycles. The quantitative estimate of drug-likeness (QED) is 0.599. The minimum absolute atomic E-state index is 0.292. The van der Waals surface area contributed by atoms with Crippen LogP contribution in [0.2, 0.25) is 0 Å². The fraction of sp³-hybridized carbons (Fsp3) is 0.333. The van der Waals surface area contributed by atoms with E-state index in [1.807, 2.05) is 53.4 Å². The lowest BCUT2D eigenvalue weighted by molar-refractivity contribution is -0.131. The maximum atomic E-state index is 12.3. The van der Waals surface area contributed by atoms with E-state index < -0.39 is 0 Å². The zero-order chi connectivity index (χ0) is 20.5. The molecule has 6 heteroatoms. The summed E-state index contributed by atoms with van der Waals surface area (Å²) >= 11 is 0. The Kier molecular flexibility index (Phi) is 4.80. The molecule has 1 atom stereocenters. The second-order valence-corrected chi connectivity index (χ2v) is 8.23. The molecule has 1 saturated carbocycles. The van der Waals surface area contributed by atoms with Crippen molar-refractivity contribution < 1.29 is 4.79 Å². The number of carbonyl (C=O) groups is 1. The molecule has 1 aliphatic heterocycles. The molecule has 2 aliphatic rings. The van der Waals surface area contributed by atoms with Crippen LogP contribution in [0.5, 0.6) is 0 Å². The summed E-state index contributed by atoms with van der Waals surface area (Å²) in [5.41, 5.74) is 3.61. The van der Waals surface area contributed by atoms with E-state index in [-0.39, 0.29) is 0 Å². The number of amides is 1. The molecule has 1 saturated heterocycles. The van der Waals surface area contributed by atoms with Crippen LogP contribution in [0, 0.1) is 18.4 Å². The van der Waals surface area contributed by atoms with Crippen LogP contribution < -0.4 is 0 Å². The van der Waals surface area contributed by atoms with E-state index in [9.17, 15) is 4.79 Å². The van der Waals surface area contributed by atoms with Crippen LogP contribution in [-0.2, 0) is 11.3 Å². The van der Waals surface area contributed by atoms with Gasteiger partial charge in [-0.1, -0.05) is 48.5 Å². The van der Waals surface area contributed by atoms with Crippen molar-refractivity contribution in [2.75, 3.05) is 13.1 Å². The summed E-state index contributed by atoms with van der Waals surface area (Å²) in [6, 6.07) is 15.8. The summed E-state index contributed by atoms with van der Waals surface area (Å²) in [5.74, 6) is 1.91. The number of rotatable bonds is 5. The third kappa shape index (κ3) is 3.59. The maximum absolute atomic E-state index is 12.3. The summed E-state index contributed by atoms with van der Waals surface area (Å²) < 4.78 is 2.10. The van der Waals surface area contributed by atoms with Gasteiger partial charge in [-0.15, -0.1) is 10.2 Å². The third-order valence-electron chi connectivity index (χ3n) is 6.07. The molecule has 0 unspecified atom stereocenters. The van der Waals surface area contributed by atoms with Crippen LogP contribution in [0.4, 0.5) is 5.69 Å². The lowest BCUT2D eigenvalue weighted by Crippen LogP contribution is -2.30. The molecule has 150 valence electrons. The number of carbonyl (C=O) groups excluding carboxylic acids is 1. The molecule has 0 N–H and O–H groups in total. The SMILES string of the molecule is [C-]#[N+]c1ccccc1-c1ccc(-c2nncn2C[C@@H]2CCN(C(=O)C3CC3)C2)cc1. The Morgan fingerprint density at radius 1 is 1.07 bits per heavy atom. The highest BCUT2D eigenvalue weighted by Crippen LogP contribution is 2.34. The van der Waals surface area contributed by atoms with Gasteiger partial charge in [-0.3, -0.25) is 4.79 Å². The Balaban J connectivity index is 1.31. The minimum atomic E-state index is 0.292. The summed E-state index contributed by atoms with van der Waals surface area (Å²) in [6.45, 7) is 9.89. The van der Waals surface area contributed by atoms with E-state index in [1.165, 1.54) is 0 Å². The molecular formula is C24H23N5O. The lowest BCUT2D eigenvalue weighted by Gasteiger charge is -2.17. The predicted molar refractivity (Wildman–Crippen MR) is 115 cm³/mol. The molecular weight excluding hydrogens is 374 g/mol. The van der Waals surface area contributed by atoms with Gasteiger partial charge in [0.2, 0.25) is 5.91 Å². The van der Waals surface area contributed by atoms with E-state index in [4.69, 9.17) is 6.57 Å². The van der Waals surface area contributed by atoms with Gasteiger partial charge in [-0.25, -0.2) is 4.85 Å². The van der Waals surface area contributed by atoms with Crippen molar-refractivity contribution >= 4 is 11.6 Å². The molecule has 2 aromatic carbocycles. The molecule has 30 heavy (non-hydrogen) atoms. The summed E-state index contributed by atoms with van der Waals surface area (Å²) in [6.07, 6.45) is 4.93. The lowest BCUT2D eigenvalue weighted by atomic mass is 10.0. The van der Waals surface area contributed by atoms with Gasteiger partial charge in [0.1, 0.15) is 6.33 Å². The average Bonchev–Trinajstić information content (AvgIpc) is 3.37. The second-order valence-electron chi connectivity index (χ2n) is 8.23. The largest absolute Gasteiger partial charge is 0.342 e.